The second kappa shape index (κ2) is 13.5. The molecule has 1 heterocycles. The molecule has 1 aromatic heterocycles. The van der Waals surface area contributed by atoms with E-state index < -0.39 is 5.60 Å². The lowest BCUT2D eigenvalue weighted by Crippen LogP contribution is -2.18. The fraction of sp³-hybridized carbons (Fsp3) is 0.294. The predicted molar refractivity (Wildman–Crippen MR) is 169 cm³/mol. The van der Waals surface area contributed by atoms with Crippen molar-refractivity contribution in [2.24, 2.45) is 5.92 Å². The SMILES string of the molecule is COC(=O)C(C)CSC(CCc1ccccc1C(C)(C)O)c1cccc(C=Cc2ccc3ccc(Cl)cc3n2)c1. The highest BCUT2D eigenvalue weighted by molar-refractivity contribution is 7.99. The van der Waals surface area contributed by atoms with Crippen LogP contribution in [0, 0.1) is 5.92 Å². The van der Waals surface area contributed by atoms with Gasteiger partial charge in [-0.2, -0.15) is 11.8 Å². The number of aromatic nitrogens is 1. The van der Waals surface area contributed by atoms with Crippen LogP contribution in [0.3, 0.4) is 0 Å². The van der Waals surface area contributed by atoms with Gasteiger partial charge in [-0.25, -0.2) is 4.98 Å². The first-order valence-corrected chi connectivity index (χ1v) is 14.9. The summed E-state index contributed by atoms with van der Waals surface area (Å²) < 4.78 is 4.96. The van der Waals surface area contributed by atoms with Gasteiger partial charge in [0, 0.05) is 21.4 Å². The number of fused-ring (bicyclic) bond motifs is 1. The number of hydrogen-bond donors (Lipinski definition) is 1. The van der Waals surface area contributed by atoms with Crippen molar-refractivity contribution in [3.63, 3.8) is 0 Å². The van der Waals surface area contributed by atoms with E-state index in [0.717, 1.165) is 46.1 Å². The zero-order valence-electron chi connectivity index (χ0n) is 23.4. The van der Waals surface area contributed by atoms with Crippen LogP contribution in [-0.2, 0) is 21.6 Å². The molecular formula is C34H36ClNO3S. The average Bonchev–Trinajstić information content (AvgIpc) is 2.95. The number of benzene rings is 3. The molecule has 0 saturated heterocycles. The van der Waals surface area contributed by atoms with Crippen LogP contribution in [-0.4, -0.2) is 28.9 Å². The maximum Gasteiger partial charge on any atom is 0.309 e. The van der Waals surface area contributed by atoms with Crippen LogP contribution in [0.25, 0.3) is 23.1 Å². The summed E-state index contributed by atoms with van der Waals surface area (Å²) in [6, 6.07) is 26.4. The molecule has 0 amide bonds. The first-order valence-electron chi connectivity index (χ1n) is 13.5. The summed E-state index contributed by atoms with van der Waals surface area (Å²) in [4.78, 5) is 16.8. The maximum absolute atomic E-state index is 12.1. The number of thioether (sulfide) groups is 1. The normalized spacial score (nSPS) is 13.4. The van der Waals surface area contributed by atoms with Gasteiger partial charge in [-0.15, -0.1) is 0 Å². The van der Waals surface area contributed by atoms with Crippen LogP contribution in [0.1, 0.15) is 60.4 Å². The Morgan fingerprint density at radius 3 is 2.60 bits per heavy atom. The fourth-order valence-electron chi connectivity index (χ4n) is 4.74. The van der Waals surface area contributed by atoms with Crippen molar-refractivity contribution in [3.05, 3.63) is 112 Å². The molecule has 2 unspecified atom stereocenters. The van der Waals surface area contributed by atoms with Crippen molar-refractivity contribution in [3.8, 4) is 0 Å². The van der Waals surface area contributed by atoms with Crippen LogP contribution >= 0.6 is 23.4 Å². The van der Waals surface area contributed by atoms with E-state index in [4.69, 9.17) is 21.3 Å². The van der Waals surface area contributed by atoms with Crippen molar-refractivity contribution in [2.45, 2.75) is 44.5 Å². The maximum atomic E-state index is 12.1. The summed E-state index contributed by atoms with van der Waals surface area (Å²) in [7, 11) is 1.43. The van der Waals surface area contributed by atoms with Crippen LogP contribution in [0.2, 0.25) is 5.02 Å². The molecule has 0 fully saturated rings. The molecule has 0 aliphatic heterocycles. The zero-order chi connectivity index (χ0) is 28.7. The summed E-state index contributed by atoms with van der Waals surface area (Å²) in [5.41, 5.74) is 5.18. The Bertz CT molecular complexity index is 1490. The molecule has 3 aromatic carbocycles. The Morgan fingerprint density at radius 1 is 1.05 bits per heavy atom. The van der Waals surface area contributed by atoms with Gasteiger partial charge in [0.15, 0.2) is 0 Å². The van der Waals surface area contributed by atoms with Gasteiger partial charge in [-0.05, 0) is 73.2 Å². The van der Waals surface area contributed by atoms with E-state index in [0.29, 0.717) is 10.8 Å². The standard InChI is InChI=1S/C34H36ClNO3S/c1-23(33(37)39-4)22-40-32(19-15-25-9-5-6-11-30(25)34(2,3)38)27-10-7-8-24(20-27)12-17-29-18-14-26-13-16-28(35)21-31(26)36-29/h5-14,16-18,20-21,23,32,38H,15,19,22H2,1-4H3. The number of hydrogen-bond acceptors (Lipinski definition) is 5. The summed E-state index contributed by atoms with van der Waals surface area (Å²) in [5, 5.41) is 12.6. The number of methoxy groups -OCH3 is 1. The van der Waals surface area contributed by atoms with Gasteiger partial charge < -0.3 is 9.84 Å². The number of aryl methyl sites for hydroxylation is 1. The Hall–Kier alpha value is -3.12. The number of pyridine rings is 1. The quantitative estimate of drug-likeness (QED) is 0.182. The van der Waals surface area contributed by atoms with Crippen molar-refractivity contribution in [1.29, 1.82) is 0 Å². The number of carbonyl (C=O) groups excluding carboxylic acids is 1. The minimum Gasteiger partial charge on any atom is -0.469 e. The van der Waals surface area contributed by atoms with Crippen molar-refractivity contribution >= 4 is 52.4 Å². The molecular weight excluding hydrogens is 538 g/mol. The van der Waals surface area contributed by atoms with Gasteiger partial charge in [0.05, 0.1) is 29.8 Å². The summed E-state index contributed by atoms with van der Waals surface area (Å²) >= 11 is 7.93. The molecule has 40 heavy (non-hydrogen) atoms. The highest BCUT2D eigenvalue weighted by atomic mass is 35.5. The smallest absolute Gasteiger partial charge is 0.309 e. The lowest BCUT2D eigenvalue weighted by atomic mass is 9.90. The topological polar surface area (TPSA) is 59.4 Å². The number of carbonyl (C=O) groups is 1. The molecule has 0 radical (unpaired) electrons. The van der Waals surface area contributed by atoms with Crippen LogP contribution in [0.4, 0.5) is 0 Å². The van der Waals surface area contributed by atoms with Crippen molar-refractivity contribution < 1.29 is 14.6 Å². The molecule has 0 aliphatic rings. The fourth-order valence-corrected chi connectivity index (χ4v) is 6.19. The number of halogens is 1. The third kappa shape index (κ3) is 7.97. The predicted octanol–water partition coefficient (Wildman–Crippen LogP) is 8.50. The number of nitrogens with zero attached hydrogens (tertiary/aromatic N) is 1. The highest BCUT2D eigenvalue weighted by Crippen LogP contribution is 2.36. The van der Waals surface area contributed by atoms with Gasteiger partial charge in [0.25, 0.3) is 0 Å². The van der Waals surface area contributed by atoms with E-state index in [2.05, 4.69) is 42.5 Å². The van der Waals surface area contributed by atoms with Gasteiger partial charge in [-0.1, -0.05) is 85.3 Å². The minimum atomic E-state index is -0.911. The number of esters is 1. The number of ether oxygens (including phenoxy) is 1. The molecule has 4 rings (SSSR count). The first kappa shape index (κ1) is 29.9. The zero-order valence-corrected chi connectivity index (χ0v) is 25.0. The molecule has 208 valence electrons. The molecule has 4 aromatic rings. The highest BCUT2D eigenvalue weighted by Gasteiger charge is 2.22. The second-order valence-electron chi connectivity index (χ2n) is 10.6. The molecule has 0 spiro atoms. The van der Waals surface area contributed by atoms with Gasteiger partial charge >= 0.3 is 5.97 Å². The second-order valence-corrected chi connectivity index (χ2v) is 12.2. The Labute approximate surface area is 246 Å². The molecule has 6 heteroatoms. The summed E-state index contributed by atoms with van der Waals surface area (Å²) in [6.07, 6.45) is 5.77. The van der Waals surface area contributed by atoms with Gasteiger partial charge in [0.1, 0.15) is 0 Å². The van der Waals surface area contributed by atoms with Crippen molar-refractivity contribution in [1.82, 2.24) is 4.98 Å². The van der Waals surface area contributed by atoms with Gasteiger partial charge in [-0.3, -0.25) is 4.79 Å². The van der Waals surface area contributed by atoms with E-state index in [9.17, 15) is 9.90 Å². The number of rotatable bonds is 11. The average molecular weight is 574 g/mol. The van der Waals surface area contributed by atoms with E-state index in [1.165, 1.54) is 12.7 Å². The summed E-state index contributed by atoms with van der Waals surface area (Å²) in [6.45, 7) is 5.55. The molecule has 2 atom stereocenters. The first-order chi connectivity index (χ1) is 19.1. The monoisotopic (exact) mass is 573 g/mol. The molecule has 0 bridgehead atoms. The van der Waals surface area contributed by atoms with E-state index in [1.54, 1.807) is 11.8 Å². The molecule has 0 saturated carbocycles. The molecule has 1 N–H and O–H groups in total. The van der Waals surface area contributed by atoms with Crippen LogP contribution in [0.5, 0.6) is 0 Å². The molecule has 0 aliphatic carbocycles. The lowest BCUT2D eigenvalue weighted by molar-refractivity contribution is -0.144. The molecule has 4 nitrogen and oxygen atoms in total. The Kier molecular flexibility index (Phi) is 10.1. The summed E-state index contributed by atoms with van der Waals surface area (Å²) in [5.74, 6) is 0.268. The lowest BCUT2D eigenvalue weighted by Gasteiger charge is -2.24. The third-order valence-electron chi connectivity index (χ3n) is 6.91. The van der Waals surface area contributed by atoms with Gasteiger partial charge in [0.2, 0.25) is 0 Å². The van der Waals surface area contributed by atoms with Crippen LogP contribution < -0.4 is 0 Å². The third-order valence-corrected chi connectivity index (χ3v) is 8.75. The van der Waals surface area contributed by atoms with E-state index in [-0.39, 0.29) is 17.1 Å². The minimum absolute atomic E-state index is 0.163. The Morgan fingerprint density at radius 2 is 1.82 bits per heavy atom. The number of aliphatic hydroxyl groups is 1. The van der Waals surface area contributed by atoms with Crippen molar-refractivity contribution in [2.75, 3.05) is 12.9 Å². The van der Waals surface area contributed by atoms with E-state index >= 15 is 0 Å². The van der Waals surface area contributed by atoms with Crippen LogP contribution in [0.15, 0.2) is 78.9 Å². The Balaban J connectivity index is 1.56. The largest absolute Gasteiger partial charge is 0.469 e. The van der Waals surface area contributed by atoms with E-state index in [1.807, 2.05) is 69.3 Å².